The Bertz CT molecular complexity index is 490. The normalized spacial score (nSPS) is 33.5. The van der Waals surface area contributed by atoms with Crippen LogP contribution in [0.3, 0.4) is 0 Å². The number of rotatable bonds is 1. The fraction of sp³-hybridized carbons (Fsp3) is 0.562. The lowest BCUT2D eigenvalue weighted by Gasteiger charge is -2.51. The van der Waals surface area contributed by atoms with Crippen LogP contribution in [0, 0.1) is 5.92 Å². The average Bonchev–Trinajstić information content (AvgIpc) is 2.48. The molecule has 1 aliphatic carbocycles. The van der Waals surface area contributed by atoms with Crippen LogP contribution in [0.1, 0.15) is 37.7 Å². The molecule has 0 bridgehead atoms. The second-order valence-electron chi connectivity index (χ2n) is 5.97. The van der Waals surface area contributed by atoms with E-state index in [9.17, 15) is 15.0 Å². The largest absolute Gasteiger partial charge is 0.465 e. The van der Waals surface area contributed by atoms with E-state index in [2.05, 4.69) is 0 Å². The number of amides is 1. The fourth-order valence-electron chi connectivity index (χ4n) is 4.01. The van der Waals surface area contributed by atoms with Gasteiger partial charge in [-0.3, -0.25) is 0 Å². The first kappa shape index (κ1) is 13.4. The second-order valence-corrected chi connectivity index (χ2v) is 5.97. The SMILES string of the molecule is O=C(O)N1CC[C@](O)(c2ccccc2)[C@H]2CCCCC21. The van der Waals surface area contributed by atoms with E-state index in [1.54, 1.807) is 4.90 Å². The molecule has 4 nitrogen and oxygen atoms in total. The first-order valence-electron chi connectivity index (χ1n) is 7.40. The zero-order chi connectivity index (χ0) is 14.2. The monoisotopic (exact) mass is 275 g/mol. The van der Waals surface area contributed by atoms with Crippen LogP contribution in [0.25, 0.3) is 0 Å². The van der Waals surface area contributed by atoms with Gasteiger partial charge in [0.2, 0.25) is 0 Å². The molecule has 1 aromatic carbocycles. The summed E-state index contributed by atoms with van der Waals surface area (Å²) in [6.45, 7) is 0.419. The highest BCUT2D eigenvalue weighted by Crippen LogP contribution is 2.46. The molecule has 1 unspecified atom stereocenters. The molecular weight excluding hydrogens is 254 g/mol. The van der Waals surface area contributed by atoms with Gasteiger partial charge in [-0.25, -0.2) is 4.79 Å². The van der Waals surface area contributed by atoms with E-state index in [1.807, 2.05) is 30.3 Å². The summed E-state index contributed by atoms with van der Waals surface area (Å²) in [5.74, 6) is 0.0171. The van der Waals surface area contributed by atoms with Gasteiger partial charge in [0.15, 0.2) is 0 Å². The number of benzene rings is 1. The predicted molar refractivity (Wildman–Crippen MR) is 75.4 cm³/mol. The summed E-state index contributed by atoms with van der Waals surface area (Å²) in [6, 6.07) is 9.70. The highest BCUT2D eigenvalue weighted by Gasteiger charge is 2.50. The van der Waals surface area contributed by atoms with E-state index in [0.717, 1.165) is 31.2 Å². The number of piperidine rings is 1. The standard InChI is InChI=1S/C16H21NO3/c18-15(19)17-11-10-16(20,12-6-2-1-3-7-12)13-8-4-5-9-14(13)17/h1-3,6-7,13-14,20H,4-5,8-11H2,(H,18,19)/t13-,14?,16-/m0/s1. The molecule has 1 aliphatic heterocycles. The highest BCUT2D eigenvalue weighted by atomic mass is 16.4. The molecule has 1 heterocycles. The Hall–Kier alpha value is -1.55. The van der Waals surface area contributed by atoms with Crippen LogP contribution in [-0.2, 0) is 5.60 Å². The van der Waals surface area contributed by atoms with Crippen molar-refractivity contribution in [3.63, 3.8) is 0 Å². The van der Waals surface area contributed by atoms with Gasteiger partial charge in [0, 0.05) is 18.5 Å². The Morgan fingerprint density at radius 2 is 1.90 bits per heavy atom. The molecule has 108 valence electrons. The highest BCUT2D eigenvalue weighted by molar-refractivity contribution is 5.65. The number of hydrogen-bond donors (Lipinski definition) is 2. The van der Waals surface area contributed by atoms with Crippen LogP contribution in [-0.4, -0.2) is 33.8 Å². The van der Waals surface area contributed by atoms with Gasteiger partial charge in [-0.15, -0.1) is 0 Å². The molecule has 0 aromatic heterocycles. The predicted octanol–water partition coefficient (Wildman–Crippen LogP) is 2.82. The van der Waals surface area contributed by atoms with Crippen molar-refractivity contribution in [2.24, 2.45) is 5.92 Å². The first-order valence-corrected chi connectivity index (χ1v) is 7.40. The lowest BCUT2D eigenvalue weighted by molar-refractivity contribution is -0.112. The van der Waals surface area contributed by atoms with Gasteiger partial charge in [-0.1, -0.05) is 43.2 Å². The van der Waals surface area contributed by atoms with Gasteiger partial charge in [0.05, 0.1) is 5.60 Å². The summed E-state index contributed by atoms with van der Waals surface area (Å²) in [5.41, 5.74) is 0.0557. The molecule has 2 N–H and O–H groups in total. The van der Waals surface area contributed by atoms with Crippen molar-refractivity contribution in [2.75, 3.05) is 6.54 Å². The van der Waals surface area contributed by atoms with Crippen molar-refractivity contribution >= 4 is 6.09 Å². The third-order valence-corrected chi connectivity index (χ3v) is 5.00. The van der Waals surface area contributed by atoms with Crippen molar-refractivity contribution in [1.29, 1.82) is 0 Å². The van der Waals surface area contributed by atoms with Crippen LogP contribution in [0.15, 0.2) is 30.3 Å². The van der Waals surface area contributed by atoms with Gasteiger partial charge in [0.1, 0.15) is 0 Å². The van der Waals surface area contributed by atoms with Gasteiger partial charge in [-0.05, 0) is 24.8 Å². The fourth-order valence-corrected chi connectivity index (χ4v) is 4.01. The number of hydrogen-bond acceptors (Lipinski definition) is 2. The van der Waals surface area contributed by atoms with Gasteiger partial charge < -0.3 is 15.1 Å². The summed E-state index contributed by atoms with van der Waals surface area (Å²) in [7, 11) is 0. The summed E-state index contributed by atoms with van der Waals surface area (Å²) < 4.78 is 0. The molecule has 1 saturated heterocycles. The topological polar surface area (TPSA) is 60.8 Å². The number of nitrogens with zero attached hydrogens (tertiary/aromatic N) is 1. The van der Waals surface area contributed by atoms with Gasteiger partial charge >= 0.3 is 6.09 Å². The van der Waals surface area contributed by atoms with Crippen molar-refractivity contribution in [3.8, 4) is 0 Å². The lowest BCUT2D eigenvalue weighted by Crippen LogP contribution is -2.58. The third-order valence-electron chi connectivity index (χ3n) is 5.00. The molecule has 1 amide bonds. The maximum absolute atomic E-state index is 11.4. The summed E-state index contributed by atoms with van der Waals surface area (Å²) in [6.07, 6.45) is 3.53. The van der Waals surface area contributed by atoms with Crippen molar-refractivity contribution in [3.05, 3.63) is 35.9 Å². The molecule has 3 rings (SSSR count). The molecule has 3 atom stereocenters. The third kappa shape index (κ3) is 2.08. The summed E-state index contributed by atoms with van der Waals surface area (Å²) in [5, 5.41) is 20.6. The van der Waals surface area contributed by atoms with Crippen LogP contribution >= 0.6 is 0 Å². The van der Waals surface area contributed by atoms with Crippen LogP contribution < -0.4 is 0 Å². The Labute approximate surface area is 119 Å². The molecule has 20 heavy (non-hydrogen) atoms. The molecule has 0 radical (unpaired) electrons. The molecule has 1 saturated carbocycles. The Morgan fingerprint density at radius 1 is 1.20 bits per heavy atom. The number of likely N-dealkylation sites (tertiary alicyclic amines) is 1. The van der Waals surface area contributed by atoms with E-state index < -0.39 is 11.7 Å². The minimum atomic E-state index is -0.877. The van der Waals surface area contributed by atoms with Crippen molar-refractivity contribution in [2.45, 2.75) is 43.7 Å². The van der Waals surface area contributed by atoms with E-state index in [1.165, 1.54) is 0 Å². The Kier molecular flexibility index (Phi) is 3.42. The van der Waals surface area contributed by atoms with E-state index in [0.29, 0.717) is 13.0 Å². The van der Waals surface area contributed by atoms with Crippen LogP contribution in [0.5, 0.6) is 0 Å². The molecular formula is C16H21NO3. The number of carbonyl (C=O) groups is 1. The van der Waals surface area contributed by atoms with Crippen LogP contribution in [0.4, 0.5) is 4.79 Å². The molecule has 1 aromatic rings. The maximum atomic E-state index is 11.4. The molecule has 0 spiro atoms. The summed E-state index contributed by atoms with van der Waals surface area (Å²) >= 11 is 0. The van der Waals surface area contributed by atoms with Gasteiger partial charge in [0.25, 0.3) is 0 Å². The Balaban J connectivity index is 1.95. The molecule has 2 fully saturated rings. The maximum Gasteiger partial charge on any atom is 0.407 e. The van der Waals surface area contributed by atoms with E-state index in [-0.39, 0.29) is 12.0 Å². The van der Waals surface area contributed by atoms with Crippen molar-refractivity contribution in [1.82, 2.24) is 4.90 Å². The lowest BCUT2D eigenvalue weighted by atomic mass is 9.66. The zero-order valence-electron chi connectivity index (χ0n) is 11.5. The molecule has 2 aliphatic rings. The zero-order valence-corrected chi connectivity index (χ0v) is 11.5. The first-order chi connectivity index (χ1) is 9.63. The van der Waals surface area contributed by atoms with E-state index in [4.69, 9.17) is 0 Å². The minimum Gasteiger partial charge on any atom is -0.465 e. The minimum absolute atomic E-state index is 0.0171. The number of aliphatic hydroxyl groups is 1. The Morgan fingerprint density at radius 3 is 2.60 bits per heavy atom. The quantitative estimate of drug-likeness (QED) is 0.828. The number of carboxylic acid groups (broad SMARTS) is 1. The molecule has 4 heteroatoms. The smallest absolute Gasteiger partial charge is 0.407 e. The summed E-state index contributed by atoms with van der Waals surface area (Å²) in [4.78, 5) is 12.9. The van der Waals surface area contributed by atoms with Crippen molar-refractivity contribution < 1.29 is 15.0 Å². The van der Waals surface area contributed by atoms with Gasteiger partial charge in [-0.2, -0.15) is 0 Å². The second kappa shape index (κ2) is 5.09. The van der Waals surface area contributed by atoms with Crippen LogP contribution in [0.2, 0.25) is 0 Å². The number of fused-ring (bicyclic) bond motifs is 1. The van der Waals surface area contributed by atoms with E-state index >= 15 is 0 Å². The average molecular weight is 275 g/mol.